The molecule has 2 atom stereocenters. The zero-order valence-corrected chi connectivity index (χ0v) is 18.1. The summed E-state index contributed by atoms with van der Waals surface area (Å²) in [4.78, 5) is 27.8. The van der Waals surface area contributed by atoms with Crippen LogP contribution in [0.3, 0.4) is 0 Å². The molecule has 2 amide bonds. The first-order valence-electron chi connectivity index (χ1n) is 9.21. The Labute approximate surface area is 179 Å². The molecule has 154 valence electrons. The molecule has 1 aliphatic heterocycles. The van der Waals surface area contributed by atoms with Gasteiger partial charge in [-0.05, 0) is 50.0 Å². The van der Waals surface area contributed by atoms with E-state index in [-0.39, 0.29) is 24.3 Å². The van der Waals surface area contributed by atoms with Gasteiger partial charge in [0.2, 0.25) is 11.8 Å². The van der Waals surface area contributed by atoms with Crippen LogP contribution < -0.4 is 15.4 Å². The fourth-order valence-corrected chi connectivity index (χ4v) is 4.40. The summed E-state index contributed by atoms with van der Waals surface area (Å²) in [7, 11) is 5.56. The van der Waals surface area contributed by atoms with Crippen molar-refractivity contribution in [1.82, 2.24) is 10.2 Å². The number of ether oxygens (including phenoxy) is 1. The Morgan fingerprint density at radius 3 is 2.66 bits per heavy atom. The van der Waals surface area contributed by atoms with Crippen molar-refractivity contribution < 1.29 is 14.3 Å². The van der Waals surface area contributed by atoms with Gasteiger partial charge in [-0.1, -0.05) is 23.7 Å². The van der Waals surface area contributed by atoms with Gasteiger partial charge in [-0.3, -0.25) is 9.59 Å². The highest BCUT2D eigenvalue weighted by Crippen LogP contribution is 2.38. The summed E-state index contributed by atoms with van der Waals surface area (Å²) in [5, 5.41) is 5.89. The van der Waals surface area contributed by atoms with Crippen LogP contribution in [-0.2, 0) is 9.59 Å². The third-order valence-corrected chi connectivity index (χ3v) is 6.26. The fourth-order valence-electron chi connectivity index (χ4n) is 3.13. The van der Waals surface area contributed by atoms with Gasteiger partial charge in [-0.15, -0.1) is 11.8 Å². The lowest BCUT2D eigenvalue weighted by atomic mass is 10.1. The Hall–Kier alpha value is -2.22. The van der Waals surface area contributed by atoms with Crippen LogP contribution in [0.5, 0.6) is 5.75 Å². The summed E-state index contributed by atoms with van der Waals surface area (Å²) < 4.78 is 5.20. The third kappa shape index (κ3) is 5.44. The molecule has 0 aliphatic carbocycles. The molecule has 2 N–H and O–H groups in total. The molecule has 2 aromatic rings. The molecule has 1 aliphatic rings. The fraction of sp³-hybridized carbons (Fsp3) is 0.333. The Kier molecular flexibility index (Phi) is 7.05. The monoisotopic (exact) mass is 433 g/mol. The minimum Gasteiger partial charge on any atom is -0.497 e. The smallest absolute Gasteiger partial charge is 0.238 e. The molecule has 0 fully saturated rings. The second-order valence-corrected chi connectivity index (χ2v) is 8.68. The number of benzene rings is 2. The van der Waals surface area contributed by atoms with E-state index in [1.165, 1.54) is 11.8 Å². The van der Waals surface area contributed by atoms with Gasteiger partial charge in [-0.25, -0.2) is 0 Å². The predicted molar refractivity (Wildman–Crippen MR) is 117 cm³/mol. The Balaban J connectivity index is 1.59. The number of rotatable bonds is 7. The number of carbonyl (C=O) groups excluding carboxylic acids is 2. The van der Waals surface area contributed by atoms with Crippen LogP contribution in [0.4, 0.5) is 5.69 Å². The van der Waals surface area contributed by atoms with E-state index >= 15 is 0 Å². The van der Waals surface area contributed by atoms with Crippen molar-refractivity contribution in [1.29, 1.82) is 0 Å². The topological polar surface area (TPSA) is 70.7 Å². The number of hydrogen-bond acceptors (Lipinski definition) is 5. The summed E-state index contributed by atoms with van der Waals surface area (Å²) >= 11 is 7.36. The van der Waals surface area contributed by atoms with Crippen LogP contribution in [0.25, 0.3) is 0 Å². The molecule has 3 rings (SSSR count). The molecule has 29 heavy (non-hydrogen) atoms. The number of fused-ring (bicyclic) bond motifs is 1. The Morgan fingerprint density at radius 1 is 1.28 bits per heavy atom. The summed E-state index contributed by atoms with van der Waals surface area (Å²) in [5.74, 6) is 0.451. The van der Waals surface area contributed by atoms with Crippen molar-refractivity contribution in [2.24, 2.45) is 0 Å². The van der Waals surface area contributed by atoms with Crippen LogP contribution in [0.1, 0.15) is 18.0 Å². The van der Waals surface area contributed by atoms with Crippen molar-refractivity contribution in [2.75, 3.05) is 33.1 Å². The number of likely N-dealkylation sites (N-methyl/N-ethyl adjacent to an activating group) is 1. The number of nitrogens with one attached hydrogen (secondary N) is 2. The number of methoxy groups -OCH3 is 1. The number of anilines is 1. The highest BCUT2D eigenvalue weighted by Gasteiger charge is 2.29. The number of hydrogen-bond donors (Lipinski definition) is 2. The standard InChI is InChI=1S/C21H24ClN3O3S/c1-25(2)17(13-4-7-15(28-3)8-5-13)12-23-20(26)11-19-21(27)24-16-10-14(22)6-9-18(16)29-19/h4-10,17,19H,11-12H2,1-3H3,(H,23,26)(H,24,27)/t17-,19-/m0/s1. The molecule has 0 saturated heterocycles. The molecule has 0 unspecified atom stereocenters. The van der Waals surface area contributed by atoms with E-state index < -0.39 is 5.25 Å². The first kappa shape index (κ1) is 21.5. The summed E-state index contributed by atoms with van der Waals surface area (Å²) in [5.41, 5.74) is 1.77. The van der Waals surface area contributed by atoms with Crippen LogP contribution in [0.2, 0.25) is 5.02 Å². The SMILES string of the molecule is COc1ccc([C@H](CNC(=O)C[C@@H]2Sc3ccc(Cl)cc3NC2=O)N(C)C)cc1. The number of carbonyl (C=O) groups is 2. The van der Waals surface area contributed by atoms with E-state index in [1.807, 2.05) is 49.3 Å². The summed E-state index contributed by atoms with van der Waals surface area (Å²) in [6.45, 7) is 0.448. The van der Waals surface area contributed by atoms with Crippen molar-refractivity contribution in [3.8, 4) is 5.75 Å². The quantitative estimate of drug-likeness (QED) is 0.698. The van der Waals surface area contributed by atoms with Crippen LogP contribution >= 0.6 is 23.4 Å². The highest BCUT2D eigenvalue weighted by atomic mass is 35.5. The van der Waals surface area contributed by atoms with Gasteiger partial charge >= 0.3 is 0 Å². The van der Waals surface area contributed by atoms with E-state index in [1.54, 1.807) is 19.2 Å². The van der Waals surface area contributed by atoms with Crippen LogP contribution in [0.15, 0.2) is 47.4 Å². The molecule has 1 heterocycles. The van der Waals surface area contributed by atoms with Gasteiger partial charge in [0.15, 0.2) is 0 Å². The second kappa shape index (κ2) is 9.52. The van der Waals surface area contributed by atoms with Gasteiger partial charge < -0.3 is 20.3 Å². The third-order valence-electron chi connectivity index (χ3n) is 4.75. The van der Waals surface area contributed by atoms with Crippen molar-refractivity contribution >= 4 is 40.9 Å². The van der Waals surface area contributed by atoms with Gasteiger partial charge in [0.05, 0.1) is 24.1 Å². The Bertz CT molecular complexity index is 889. The van der Waals surface area contributed by atoms with Crippen molar-refractivity contribution in [3.63, 3.8) is 0 Å². The number of thioether (sulfide) groups is 1. The number of amides is 2. The minimum absolute atomic E-state index is 0.0144. The predicted octanol–water partition coefficient (Wildman–Crippen LogP) is 3.57. The lowest BCUT2D eigenvalue weighted by molar-refractivity contribution is -0.124. The Morgan fingerprint density at radius 2 is 2.00 bits per heavy atom. The maximum atomic E-state index is 12.5. The van der Waals surface area contributed by atoms with Crippen molar-refractivity contribution in [3.05, 3.63) is 53.1 Å². The van der Waals surface area contributed by atoms with E-state index in [4.69, 9.17) is 16.3 Å². The first-order chi connectivity index (χ1) is 13.9. The number of nitrogens with zero attached hydrogens (tertiary/aromatic N) is 1. The maximum Gasteiger partial charge on any atom is 0.238 e. The van der Waals surface area contributed by atoms with Crippen LogP contribution in [-0.4, -0.2) is 49.7 Å². The van der Waals surface area contributed by atoms with Crippen LogP contribution in [0, 0.1) is 0 Å². The molecule has 0 saturated carbocycles. The molecule has 0 aromatic heterocycles. The number of halogens is 1. The van der Waals surface area contributed by atoms with E-state index in [0.717, 1.165) is 16.2 Å². The molecular formula is C21H24ClN3O3S. The summed E-state index contributed by atoms with van der Waals surface area (Å²) in [6.07, 6.45) is 0.112. The zero-order chi connectivity index (χ0) is 21.0. The zero-order valence-electron chi connectivity index (χ0n) is 16.6. The molecular weight excluding hydrogens is 410 g/mol. The maximum absolute atomic E-state index is 12.5. The second-order valence-electron chi connectivity index (χ2n) is 7.00. The van der Waals surface area contributed by atoms with E-state index in [9.17, 15) is 9.59 Å². The van der Waals surface area contributed by atoms with Gasteiger partial charge in [-0.2, -0.15) is 0 Å². The lowest BCUT2D eigenvalue weighted by Gasteiger charge is -2.26. The summed E-state index contributed by atoms with van der Waals surface area (Å²) in [6, 6.07) is 13.1. The highest BCUT2D eigenvalue weighted by molar-refractivity contribution is 8.01. The average Bonchev–Trinajstić information content (AvgIpc) is 2.69. The molecule has 2 aromatic carbocycles. The average molecular weight is 434 g/mol. The van der Waals surface area contributed by atoms with Crippen molar-refractivity contribution in [2.45, 2.75) is 22.6 Å². The molecule has 6 nitrogen and oxygen atoms in total. The molecule has 0 bridgehead atoms. The van der Waals surface area contributed by atoms with Gasteiger partial charge in [0.1, 0.15) is 5.75 Å². The molecule has 0 radical (unpaired) electrons. The normalized spacial score (nSPS) is 16.7. The molecule has 0 spiro atoms. The first-order valence-corrected chi connectivity index (χ1v) is 10.5. The van der Waals surface area contributed by atoms with Gasteiger partial charge in [0.25, 0.3) is 0 Å². The minimum atomic E-state index is -0.470. The lowest BCUT2D eigenvalue weighted by Crippen LogP contribution is -2.38. The van der Waals surface area contributed by atoms with E-state index in [0.29, 0.717) is 17.3 Å². The van der Waals surface area contributed by atoms with E-state index in [2.05, 4.69) is 10.6 Å². The van der Waals surface area contributed by atoms with Gasteiger partial charge in [0, 0.05) is 22.9 Å². The largest absolute Gasteiger partial charge is 0.497 e. The molecule has 8 heteroatoms.